The summed E-state index contributed by atoms with van der Waals surface area (Å²) in [7, 11) is 0. The summed E-state index contributed by atoms with van der Waals surface area (Å²) in [5.41, 5.74) is 12.8. The van der Waals surface area contributed by atoms with Crippen LogP contribution < -0.4 is 0 Å². The Hall–Kier alpha value is -6.58. The van der Waals surface area contributed by atoms with E-state index in [4.69, 9.17) is 9.97 Å². The van der Waals surface area contributed by atoms with Crippen molar-refractivity contribution >= 4 is 54.3 Å². The summed E-state index contributed by atoms with van der Waals surface area (Å²) >= 11 is 0. The van der Waals surface area contributed by atoms with Crippen molar-refractivity contribution < 1.29 is 0 Å². The minimum absolute atomic E-state index is 0.0962. The Morgan fingerprint density at radius 3 is 1.95 bits per heavy atom. The van der Waals surface area contributed by atoms with Crippen LogP contribution in [0.3, 0.4) is 0 Å². The number of hydrogen-bond acceptors (Lipinski definition) is 2. The molecule has 2 aromatic heterocycles. The molecule has 0 bridgehead atoms. The zero-order valence-electron chi connectivity index (χ0n) is 31.6. The lowest BCUT2D eigenvalue weighted by Crippen LogP contribution is -2.14. The van der Waals surface area contributed by atoms with Crippen molar-refractivity contribution in [2.45, 2.75) is 39.5 Å². The molecule has 11 rings (SSSR count). The van der Waals surface area contributed by atoms with Crippen molar-refractivity contribution in [3.63, 3.8) is 0 Å². The molecule has 0 saturated carbocycles. The number of benzene rings is 8. The zero-order chi connectivity index (χ0) is 37.3. The first-order valence-electron chi connectivity index (χ1n) is 19.4. The molecule has 0 saturated heterocycles. The van der Waals surface area contributed by atoms with Crippen LogP contribution in [-0.2, 0) is 5.41 Å². The molecule has 0 atom stereocenters. The Bertz CT molecular complexity index is 3110. The van der Waals surface area contributed by atoms with Crippen LogP contribution in [0.4, 0.5) is 0 Å². The third kappa shape index (κ3) is 5.11. The lowest BCUT2D eigenvalue weighted by atomic mass is 9.82. The molecule has 0 radical (unpaired) electrons. The van der Waals surface area contributed by atoms with Gasteiger partial charge in [-0.25, -0.2) is 9.97 Å². The Morgan fingerprint density at radius 2 is 1.15 bits per heavy atom. The molecule has 1 aliphatic carbocycles. The number of nitrogens with zero attached hydrogens (tertiary/aromatic N) is 3. The molecule has 0 aliphatic heterocycles. The smallest absolute Gasteiger partial charge is 0.235 e. The lowest BCUT2D eigenvalue weighted by molar-refractivity contribution is 0.661. The van der Waals surface area contributed by atoms with Crippen LogP contribution >= 0.6 is 0 Å². The average molecular weight is 708 g/mol. The summed E-state index contributed by atoms with van der Waals surface area (Å²) in [6, 6.07) is 59.3. The van der Waals surface area contributed by atoms with Crippen molar-refractivity contribution in [2.24, 2.45) is 0 Å². The number of rotatable bonds is 3. The van der Waals surface area contributed by atoms with Gasteiger partial charge in [0.25, 0.3) is 0 Å². The summed E-state index contributed by atoms with van der Waals surface area (Å²) in [6.45, 7) is 8.97. The molecule has 8 aromatic carbocycles. The number of fused-ring (bicyclic) bond motifs is 10. The first kappa shape index (κ1) is 33.0. The molecular weight excluding hydrogens is 667 g/mol. The average Bonchev–Trinajstić information content (AvgIpc) is 3.67. The fourth-order valence-electron chi connectivity index (χ4n) is 8.86. The van der Waals surface area contributed by atoms with Crippen molar-refractivity contribution in [3.8, 4) is 39.5 Å². The Morgan fingerprint density at radius 1 is 0.491 bits per heavy atom. The highest BCUT2D eigenvalue weighted by Crippen LogP contribution is 2.52. The van der Waals surface area contributed by atoms with Crippen LogP contribution in [0.2, 0.25) is 0 Å². The Kier molecular flexibility index (Phi) is 7.67. The maximum absolute atomic E-state index is 5.42. The summed E-state index contributed by atoms with van der Waals surface area (Å²) in [6.07, 6.45) is 1.25. The van der Waals surface area contributed by atoms with Gasteiger partial charge in [-0.15, -0.1) is 0 Å². The van der Waals surface area contributed by atoms with E-state index in [1.165, 1.54) is 66.6 Å². The normalized spacial score (nSPS) is 12.9. The van der Waals surface area contributed by atoms with Gasteiger partial charge in [0.05, 0.1) is 22.2 Å². The van der Waals surface area contributed by atoms with Crippen LogP contribution in [0.25, 0.3) is 93.7 Å². The van der Waals surface area contributed by atoms with Gasteiger partial charge in [-0.2, -0.15) is 0 Å². The van der Waals surface area contributed by atoms with Crippen molar-refractivity contribution in [1.29, 1.82) is 0 Å². The van der Waals surface area contributed by atoms with Gasteiger partial charge in [-0.1, -0.05) is 174 Å². The molecular formula is C52H41N3. The number of para-hydroxylation sites is 2. The van der Waals surface area contributed by atoms with Crippen LogP contribution in [0.5, 0.6) is 0 Å². The lowest BCUT2D eigenvalue weighted by Gasteiger charge is -2.21. The van der Waals surface area contributed by atoms with Crippen LogP contribution in [0.1, 0.15) is 45.2 Å². The van der Waals surface area contributed by atoms with E-state index in [9.17, 15) is 0 Å². The van der Waals surface area contributed by atoms with Gasteiger partial charge >= 0.3 is 0 Å². The van der Waals surface area contributed by atoms with Crippen LogP contribution in [0.15, 0.2) is 164 Å². The van der Waals surface area contributed by atoms with Gasteiger partial charge in [-0.05, 0) is 73.6 Å². The molecule has 0 amide bonds. The summed E-state index contributed by atoms with van der Waals surface area (Å²) < 4.78 is 2.31. The van der Waals surface area contributed by atoms with Crippen molar-refractivity contribution in [2.75, 3.05) is 0 Å². The fraction of sp³-hybridized carbons (Fsp3) is 0.115. The molecule has 10 aromatic rings. The molecule has 2 heterocycles. The maximum atomic E-state index is 5.42. The standard InChI is InChI=1S/C49H33N3.C3H8/c1-49(2)41-25-24-34(28-40(41)45-35-18-9-8-13-30(35)23-26-42(45)49)36-20-12-21-37-39-27-32-16-6-7-17-33(32)29-44(39)52(47(36)37)48-50-43-22-11-10-19-38(43)46(51-48)31-14-4-3-5-15-31;1-3-2/h3-29H,1-2H3;3H2,1-2H3. The van der Waals surface area contributed by atoms with Gasteiger partial charge in [0.2, 0.25) is 5.95 Å². The quantitative estimate of drug-likeness (QED) is 0.183. The first-order valence-corrected chi connectivity index (χ1v) is 19.4. The monoisotopic (exact) mass is 707 g/mol. The van der Waals surface area contributed by atoms with Gasteiger partial charge in [0.15, 0.2) is 0 Å². The van der Waals surface area contributed by atoms with Gasteiger partial charge < -0.3 is 0 Å². The van der Waals surface area contributed by atoms with Crippen LogP contribution in [-0.4, -0.2) is 14.5 Å². The Labute approximate surface area is 321 Å². The highest BCUT2D eigenvalue weighted by atomic mass is 15.2. The van der Waals surface area contributed by atoms with E-state index < -0.39 is 0 Å². The highest BCUT2D eigenvalue weighted by Gasteiger charge is 2.36. The van der Waals surface area contributed by atoms with Gasteiger partial charge in [0.1, 0.15) is 0 Å². The van der Waals surface area contributed by atoms with Crippen molar-refractivity contribution in [1.82, 2.24) is 14.5 Å². The zero-order valence-corrected chi connectivity index (χ0v) is 31.6. The maximum Gasteiger partial charge on any atom is 0.235 e. The molecule has 55 heavy (non-hydrogen) atoms. The van der Waals surface area contributed by atoms with E-state index >= 15 is 0 Å². The molecule has 264 valence electrons. The van der Waals surface area contributed by atoms with E-state index in [2.05, 4.69) is 196 Å². The molecule has 0 spiro atoms. The molecule has 3 nitrogen and oxygen atoms in total. The predicted molar refractivity (Wildman–Crippen MR) is 233 cm³/mol. The van der Waals surface area contributed by atoms with Gasteiger partial charge in [0, 0.05) is 32.7 Å². The highest BCUT2D eigenvalue weighted by molar-refractivity contribution is 6.17. The summed E-state index contributed by atoms with van der Waals surface area (Å²) in [5.74, 6) is 0.666. The molecule has 1 aliphatic rings. The van der Waals surface area contributed by atoms with Gasteiger partial charge in [-0.3, -0.25) is 4.57 Å². The van der Waals surface area contributed by atoms with E-state index in [-0.39, 0.29) is 5.41 Å². The molecule has 0 N–H and O–H groups in total. The number of hydrogen-bond donors (Lipinski definition) is 0. The summed E-state index contributed by atoms with van der Waals surface area (Å²) in [4.78, 5) is 10.7. The number of aromatic nitrogens is 3. The van der Waals surface area contributed by atoms with E-state index in [0.29, 0.717) is 5.95 Å². The van der Waals surface area contributed by atoms with Crippen molar-refractivity contribution in [3.05, 3.63) is 175 Å². The second-order valence-electron chi connectivity index (χ2n) is 15.3. The second kappa shape index (κ2) is 12.8. The van der Waals surface area contributed by atoms with Crippen LogP contribution in [0, 0.1) is 0 Å². The van der Waals surface area contributed by atoms with E-state index in [1.807, 2.05) is 0 Å². The molecule has 0 unspecified atom stereocenters. The topological polar surface area (TPSA) is 30.7 Å². The fourth-order valence-corrected chi connectivity index (χ4v) is 8.86. The van der Waals surface area contributed by atoms with E-state index in [1.54, 1.807) is 0 Å². The molecule has 3 heteroatoms. The first-order chi connectivity index (χ1) is 27.0. The van der Waals surface area contributed by atoms with E-state index in [0.717, 1.165) is 38.8 Å². The largest absolute Gasteiger partial charge is 0.277 e. The minimum Gasteiger partial charge on any atom is -0.277 e. The third-order valence-corrected chi connectivity index (χ3v) is 11.4. The minimum atomic E-state index is -0.0962. The Balaban J connectivity index is 0.00000120. The SMILES string of the molecule is CC1(C)c2ccc(-c3cccc4c5cc6ccccc6cc5n(-c5nc(-c6ccccc6)c6ccccc6n5)c34)cc2-c2c1ccc1ccccc21.CCC. The molecule has 0 fully saturated rings. The third-order valence-electron chi connectivity index (χ3n) is 11.4. The summed E-state index contributed by atoms with van der Waals surface area (Å²) in [5, 5.41) is 8.39. The second-order valence-corrected chi connectivity index (χ2v) is 15.3. The predicted octanol–water partition coefficient (Wildman–Crippen LogP) is 14.1.